The summed E-state index contributed by atoms with van der Waals surface area (Å²) in [7, 11) is 0. The highest BCUT2D eigenvalue weighted by atomic mass is 16.5. The second-order valence-electron chi connectivity index (χ2n) is 5.02. The molecule has 0 aliphatic rings. The van der Waals surface area contributed by atoms with E-state index in [2.05, 4.69) is 48.3 Å². The molecule has 0 spiro atoms. The van der Waals surface area contributed by atoms with Crippen LogP contribution < -0.4 is 10.1 Å². The molecule has 0 bridgehead atoms. The molecule has 0 radical (unpaired) electrons. The lowest BCUT2D eigenvalue weighted by atomic mass is 10.1. The van der Waals surface area contributed by atoms with Gasteiger partial charge in [-0.2, -0.15) is 0 Å². The van der Waals surface area contributed by atoms with Gasteiger partial charge in [0.2, 0.25) is 0 Å². The highest BCUT2D eigenvalue weighted by Crippen LogP contribution is 2.29. The highest BCUT2D eigenvalue weighted by Gasteiger charge is 2.04. The monoisotopic (exact) mass is 282 g/mol. The van der Waals surface area contributed by atoms with Crippen LogP contribution in [0.1, 0.15) is 12.8 Å². The molecule has 2 aromatic rings. The van der Waals surface area contributed by atoms with Crippen molar-refractivity contribution in [3.8, 4) is 16.9 Å². The summed E-state index contributed by atoms with van der Waals surface area (Å²) in [5.74, 6) is 0.971. The molecule has 2 heteroatoms. The number of para-hydroxylation sites is 1. The first-order valence-corrected chi connectivity index (χ1v) is 7.61. The second-order valence-corrected chi connectivity index (χ2v) is 5.02. The lowest BCUT2D eigenvalue weighted by Crippen LogP contribution is -2.83. The Hall–Kier alpha value is -2.06. The first kappa shape index (κ1) is 15.3. The molecule has 2 aromatic carbocycles. The minimum atomic E-state index is 0.770. The van der Waals surface area contributed by atoms with Crippen molar-refractivity contribution in [3.05, 3.63) is 67.3 Å². The van der Waals surface area contributed by atoms with Crippen molar-refractivity contribution >= 4 is 0 Å². The third-order valence-corrected chi connectivity index (χ3v) is 3.37. The molecule has 0 amide bonds. The molecule has 110 valence electrons. The van der Waals surface area contributed by atoms with E-state index in [9.17, 15) is 0 Å². The molecule has 21 heavy (non-hydrogen) atoms. The second kappa shape index (κ2) is 8.98. The van der Waals surface area contributed by atoms with Crippen LogP contribution in [0.3, 0.4) is 0 Å². The minimum Gasteiger partial charge on any atom is -0.493 e. The van der Waals surface area contributed by atoms with E-state index in [1.54, 1.807) is 0 Å². The van der Waals surface area contributed by atoms with Gasteiger partial charge in [-0.05, 0) is 30.5 Å². The Balaban J connectivity index is 1.85. The largest absolute Gasteiger partial charge is 0.493 e. The van der Waals surface area contributed by atoms with E-state index >= 15 is 0 Å². The zero-order valence-electron chi connectivity index (χ0n) is 12.5. The van der Waals surface area contributed by atoms with Gasteiger partial charge in [-0.15, -0.1) is 0 Å². The van der Waals surface area contributed by atoms with Crippen LogP contribution in [0.2, 0.25) is 0 Å². The molecule has 0 saturated heterocycles. The van der Waals surface area contributed by atoms with Crippen molar-refractivity contribution in [1.82, 2.24) is 0 Å². The van der Waals surface area contributed by atoms with Crippen LogP contribution >= 0.6 is 0 Å². The summed E-state index contributed by atoms with van der Waals surface area (Å²) in [5, 5.41) is 2.27. The SMILES string of the molecule is C=CC[NH2+]CCCCOc1ccccc1-c1ccccc1. The highest BCUT2D eigenvalue weighted by molar-refractivity contribution is 5.70. The summed E-state index contributed by atoms with van der Waals surface area (Å²) in [6, 6.07) is 18.6. The van der Waals surface area contributed by atoms with Gasteiger partial charge in [0, 0.05) is 5.56 Å². The average molecular weight is 282 g/mol. The molecule has 0 aromatic heterocycles. The molecule has 0 unspecified atom stereocenters. The third kappa shape index (κ3) is 5.09. The van der Waals surface area contributed by atoms with Crippen LogP contribution in [-0.2, 0) is 0 Å². The van der Waals surface area contributed by atoms with E-state index in [-0.39, 0.29) is 0 Å². The molecule has 0 aliphatic heterocycles. The van der Waals surface area contributed by atoms with Crippen molar-refractivity contribution in [1.29, 1.82) is 0 Å². The van der Waals surface area contributed by atoms with Crippen LogP contribution in [0, 0.1) is 0 Å². The summed E-state index contributed by atoms with van der Waals surface area (Å²) in [4.78, 5) is 0. The van der Waals surface area contributed by atoms with Crippen molar-refractivity contribution in [2.75, 3.05) is 19.7 Å². The molecule has 0 aliphatic carbocycles. The van der Waals surface area contributed by atoms with Crippen molar-refractivity contribution in [3.63, 3.8) is 0 Å². The van der Waals surface area contributed by atoms with E-state index in [1.807, 2.05) is 24.3 Å². The normalized spacial score (nSPS) is 10.3. The first-order chi connectivity index (χ1) is 10.4. The van der Waals surface area contributed by atoms with Gasteiger partial charge in [0.25, 0.3) is 0 Å². The molecular formula is C19H24NO+. The van der Waals surface area contributed by atoms with Gasteiger partial charge in [-0.3, -0.25) is 0 Å². The van der Waals surface area contributed by atoms with Crippen LogP contribution in [0.5, 0.6) is 5.75 Å². The van der Waals surface area contributed by atoms with Crippen molar-refractivity contribution < 1.29 is 10.1 Å². The summed E-state index contributed by atoms with van der Waals surface area (Å²) in [5.41, 5.74) is 2.36. The van der Waals surface area contributed by atoms with E-state index < -0.39 is 0 Å². The van der Waals surface area contributed by atoms with Gasteiger partial charge in [0.1, 0.15) is 5.75 Å². The Labute approximate surface area is 127 Å². The summed E-state index contributed by atoms with van der Waals surface area (Å²) in [6.45, 7) is 6.62. The lowest BCUT2D eigenvalue weighted by Gasteiger charge is -2.11. The van der Waals surface area contributed by atoms with Crippen LogP contribution in [0.4, 0.5) is 0 Å². The maximum Gasteiger partial charge on any atom is 0.127 e. The predicted molar refractivity (Wildman–Crippen MR) is 88.5 cm³/mol. The Morgan fingerprint density at radius 2 is 1.71 bits per heavy atom. The smallest absolute Gasteiger partial charge is 0.127 e. The van der Waals surface area contributed by atoms with Gasteiger partial charge >= 0.3 is 0 Å². The third-order valence-electron chi connectivity index (χ3n) is 3.37. The van der Waals surface area contributed by atoms with Gasteiger partial charge < -0.3 is 10.1 Å². The van der Waals surface area contributed by atoms with Crippen LogP contribution in [0.15, 0.2) is 67.3 Å². The number of hydrogen-bond acceptors (Lipinski definition) is 1. The summed E-state index contributed by atoms with van der Waals surface area (Å²) < 4.78 is 5.96. The quantitative estimate of drug-likeness (QED) is 0.554. The Bertz CT molecular complexity index is 536. The molecule has 0 heterocycles. The van der Waals surface area contributed by atoms with E-state index in [0.717, 1.165) is 37.4 Å². The Kier molecular flexibility index (Phi) is 6.56. The number of unbranched alkanes of at least 4 members (excludes halogenated alkanes) is 1. The number of ether oxygens (including phenoxy) is 1. The Morgan fingerprint density at radius 3 is 2.52 bits per heavy atom. The number of benzene rings is 2. The number of rotatable bonds is 9. The molecular weight excluding hydrogens is 258 g/mol. The van der Waals surface area contributed by atoms with Gasteiger partial charge in [0.15, 0.2) is 0 Å². The van der Waals surface area contributed by atoms with E-state index in [0.29, 0.717) is 0 Å². The fourth-order valence-electron chi connectivity index (χ4n) is 2.26. The van der Waals surface area contributed by atoms with Gasteiger partial charge in [-0.25, -0.2) is 0 Å². The number of quaternary nitrogens is 1. The molecule has 0 saturated carbocycles. The fraction of sp³-hybridized carbons (Fsp3) is 0.263. The van der Waals surface area contributed by atoms with E-state index in [1.165, 1.54) is 12.0 Å². The minimum absolute atomic E-state index is 0.770. The summed E-state index contributed by atoms with van der Waals surface area (Å²) in [6.07, 6.45) is 4.19. The maximum atomic E-state index is 5.96. The first-order valence-electron chi connectivity index (χ1n) is 7.61. The molecule has 2 rings (SSSR count). The van der Waals surface area contributed by atoms with Gasteiger partial charge in [-0.1, -0.05) is 55.1 Å². The zero-order chi connectivity index (χ0) is 14.8. The topological polar surface area (TPSA) is 25.8 Å². The molecule has 2 N–H and O–H groups in total. The molecule has 2 nitrogen and oxygen atoms in total. The van der Waals surface area contributed by atoms with Crippen LogP contribution in [-0.4, -0.2) is 19.7 Å². The lowest BCUT2D eigenvalue weighted by molar-refractivity contribution is -0.646. The maximum absolute atomic E-state index is 5.96. The molecule has 0 atom stereocenters. The van der Waals surface area contributed by atoms with Crippen molar-refractivity contribution in [2.45, 2.75) is 12.8 Å². The van der Waals surface area contributed by atoms with Crippen LogP contribution in [0.25, 0.3) is 11.1 Å². The number of nitrogens with two attached hydrogens (primary N) is 1. The van der Waals surface area contributed by atoms with E-state index in [4.69, 9.17) is 4.74 Å². The number of hydrogen-bond donors (Lipinski definition) is 1. The molecule has 0 fully saturated rings. The fourth-order valence-corrected chi connectivity index (χ4v) is 2.26. The zero-order valence-corrected chi connectivity index (χ0v) is 12.5. The van der Waals surface area contributed by atoms with Crippen molar-refractivity contribution in [2.24, 2.45) is 0 Å². The summed E-state index contributed by atoms with van der Waals surface area (Å²) >= 11 is 0. The standard InChI is InChI=1S/C19H23NO/c1-2-14-20-15-8-9-16-21-19-13-7-6-12-18(19)17-10-4-3-5-11-17/h2-7,10-13,20H,1,8-9,14-16H2/p+1. The average Bonchev–Trinajstić information content (AvgIpc) is 2.55. The Morgan fingerprint density at radius 1 is 0.952 bits per heavy atom. The predicted octanol–water partition coefficient (Wildman–Crippen LogP) is 3.26. The van der Waals surface area contributed by atoms with Gasteiger partial charge in [0.05, 0.1) is 19.7 Å².